The molecule has 654 valence electrons. The third kappa shape index (κ3) is 13.0. The van der Waals surface area contributed by atoms with Crippen molar-refractivity contribution in [2.75, 3.05) is 9.80 Å². The van der Waals surface area contributed by atoms with E-state index in [2.05, 4.69) is 474 Å². The number of rotatable bonds is 8. The maximum absolute atomic E-state index is 6.53. The second-order valence-corrected chi connectivity index (χ2v) is 37.8. The number of benzene rings is 21. The molecule has 8 nitrogen and oxygen atoms in total. The van der Waals surface area contributed by atoms with E-state index in [-0.39, 0.29) is 10.8 Å². The van der Waals surface area contributed by atoms with Crippen LogP contribution in [0.4, 0.5) is 34.1 Å². The SMILES string of the molecule is CC1(C)c2ccccc2N(c2ccc(-c3ccc4oc5ccc6c(-c7ccccc7)nc7ccccc7c6c5c4c3)cc2)c2ccccc21.CC1(C)c2ccccc2N(c2ccc3oc4ccc5c(-c6ccccc6)nc6ccccc6c5c4c3c2)c2ccccc21.c1ccc(-c2nc3ccccc3c3c2ccc2oc4ccc(-c5ccc(-c6cc7ccccc7c7ccccc67)cc5)cc4c23)cc1. The lowest BCUT2D eigenvalue weighted by Gasteiger charge is -2.42. The molecular formula is C131H87N5O3. The van der Waals surface area contributed by atoms with Crippen LogP contribution in [0.3, 0.4) is 0 Å². The Balaban J connectivity index is 0.000000105. The molecule has 139 heavy (non-hydrogen) atoms. The fourth-order valence-corrected chi connectivity index (χ4v) is 22.7. The van der Waals surface area contributed by atoms with Gasteiger partial charge in [-0.1, -0.05) is 343 Å². The van der Waals surface area contributed by atoms with Crippen molar-refractivity contribution in [3.63, 3.8) is 0 Å². The number of para-hydroxylation sites is 7. The van der Waals surface area contributed by atoms with Crippen LogP contribution >= 0.6 is 0 Å². The Bertz CT molecular complexity index is 9620. The first-order chi connectivity index (χ1) is 68.4. The molecule has 0 saturated carbocycles. The van der Waals surface area contributed by atoms with Gasteiger partial charge in [0.05, 0.1) is 56.4 Å². The zero-order valence-electron chi connectivity index (χ0n) is 76.8. The number of hydrogen-bond donors (Lipinski definition) is 0. The third-order valence-electron chi connectivity index (χ3n) is 29.3. The van der Waals surface area contributed by atoms with E-state index in [4.69, 9.17) is 28.2 Å². The summed E-state index contributed by atoms with van der Waals surface area (Å²) in [7, 11) is 0. The summed E-state index contributed by atoms with van der Waals surface area (Å²) in [5, 5.41) is 22.1. The van der Waals surface area contributed by atoms with Gasteiger partial charge in [-0.2, -0.15) is 0 Å². The van der Waals surface area contributed by atoms with Crippen molar-refractivity contribution in [3.05, 3.63) is 477 Å². The van der Waals surface area contributed by atoms with E-state index in [1.165, 1.54) is 99.4 Å². The minimum Gasteiger partial charge on any atom is -0.456 e. The molecule has 2 aliphatic heterocycles. The molecule has 0 aliphatic carbocycles. The highest BCUT2D eigenvalue weighted by molar-refractivity contribution is 6.32. The van der Waals surface area contributed by atoms with Gasteiger partial charge < -0.3 is 23.1 Å². The number of aromatic nitrogens is 3. The molecule has 8 heterocycles. The first kappa shape index (κ1) is 80.8. The van der Waals surface area contributed by atoms with Gasteiger partial charge in [-0.05, 0) is 217 Å². The van der Waals surface area contributed by atoms with E-state index in [9.17, 15) is 0 Å². The fourth-order valence-electron chi connectivity index (χ4n) is 22.7. The van der Waals surface area contributed by atoms with E-state index in [1.54, 1.807) is 0 Å². The van der Waals surface area contributed by atoms with Crippen molar-refractivity contribution >= 4 is 187 Å². The summed E-state index contributed by atoms with van der Waals surface area (Å²) in [5.74, 6) is 0. The largest absolute Gasteiger partial charge is 0.456 e. The molecule has 0 fully saturated rings. The van der Waals surface area contributed by atoms with Crippen LogP contribution in [0.15, 0.2) is 468 Å². The van der Waals surface area contributed by atoms with Gasteiger partial charge in [-0.25, -0.2) is 15.0 Å². The number of anilines is 6. The Kier molecular flexibility index (Phi) is 18.6. The highest BCUT2D eigenvalue weighted by atomic mass is 16.3. The maximum atomic E-state index is 6.53. The fraction of sp³-hybridized carbons (Fsp3) is 0.0458. The summed E-state index contributed by atoms with van der Waals surface area (Å²) in [6.45, 7) is 9.30. The van der Waals surface area contributed by atoms with Crippen LogP contribution < -0.4 is 9.80 Å². The van der Waals surface area contributed by atoms with Crippen molar-refractivity contribution in [3.8, 4) is 67.2 Å². The molecule has 0 unspecified atom stereocenters. The van der Waals surface area contributed by atoms with Crippen molar-refractivity contribution < 1.29 is 13.3 Å². The van der Waals surface area contributed by atoms with Crippen LogP contribution in [0, 0.1) is 0 Å². The van der Waals surface area contributed by atoms with E-state index in [0.29, 0.717) is 0 Å². The summed E-state index contributed by atoms with van der Waals surface area (Å²) in [6, 6.07) is 162. The predicted octanol–water partition coefficient (Wildman–Crippen LogP) is 36.4. The quantitative estimate of drug-likeness (QED) is 0.139. The second kappa shape index (κ2) is 31.9. The Hall–Kier alpha value is -17.9. The summed E-state index contributed by atoms with van der Waals surface area (Å²) >= 11 is 0. The summed E-state index contributed by atoms with van der Waals surface area (Å²) in [5.41, 5.74) is 33.9. The monoisotopic (exact) mass is 1780 g/mol. The lowest BCUT2D eigenvalue weighted by Crippen LogP contribution is -2.30. The molecular weight excluding hydrogens is 1690 g/mol. The number of pyridine rings is 3. The molecule has 0 spiro atoms. The molecule has 21 aromatic carbocycles. The van der Waals surface area contributed by atoms with E-state index < -0.39 is 0 Å². The molecule has 29 rings (SSSR count). The summed E-state index contributed by atoms with van der Waals surface area (Å²) < 4.78 is 19.5. The van der Waals surface area contributed by atoms with Crippen molar-refractivity contribution in [2.45, 2.75) is 38.5 Å². The van der Waals surface area contributed by atoms with Crippen LogP contribution in [-0.4, -0.2) is 15.0 Å². The van der Waals surface area contributed by atoms with Gasteiger partial charge in [0.2, 0.25) is 0 Å². The minimum absolute atomic E-state index is 0.0835. The van der Waals surface area contributed by atoms with E-state index in [1.807, 2.05) is 18.2 Å². The van der Waals surface area contributed by atoms with Gasteiger partial charge in [0, 0.05) is 120 Å². The zero-order valence-corrected chi connectivity index (χ0v) is 76.8. The lowest BCUT2D eigenvalue weighted by atomic mass is 9.73. The molecule has 0 N–H and O–H groups in total. The lowest BCUT2D eigenvalue weighted by molar-refractivity contribution is 0.631. The van der Waals surface area contributed by atoms with Gasteiger partial charge in [0.1, 0.15) is 33.5 Å². The van der Waals surface area contributed by atoms with Crippen molar-refractivity contribution in [2.24, 2.45) is 0 Å². The van der Waals surface area contributed by atoms with Crippen LogP contribution in [0.1, 0.15) is 49.9 Å². The third-order valence-corrected chi connectivity index (χ3v) is 29.3. The normalized spacial score (nSPS) is 13.1. The first-order valence-electron chi connectivity index (χ1n) is 47.8. The predicted molar refractivity (Wildman–Crippen MR) is 581 cm³/mol. The Morgan fingerprint density at radius 2 is 0.482 bits per heavy atom. The topological polar surface area (TPSA) is 84.6 Å². The summed E-state index contributed by atoms with van der Waals surface area (Å²) in [6.07, 6.45) is 0. The molecule has 0 amide bonds. The Morgan fingerprint density at radius 1 is 0.187 bits per heavy atom. The standard InChI is InChI=1S/C46H32N2O.C45H27NO.C40H28N2O/c1-46(2)36-15-7-10-18-39(36)48(40-19-11-8-16-37(40)46)32-23-20-29(21-24-32)31-22-26-41-35(28-31)44-42(49-41)27-25-34-43(44)33-14-6-9-17-38(33)47-45(34)30-12-4-3-5-13-30;1-2-10-30(11-3-1)45-37-23-25-42-44(43(37)36-16-8-9-17-40(36)46-45)39-26-31(22-24-41(39)47-42)28-18-20-29(21-19-28)38-27-32-12-4-5-13-33(32)34-14-6-7-15-35(34)38;1-40(2)30-15-7-10-18-33(30)42(34-19-11-8-16-31(34)40)26-20-22-35-29(24-26)38-36(43-35)23-21-28-37(38)27-14-6-9-17-32(27)41-39(28)25-12-4-3-5-13-25/h3-28H,1-2H3;1-27H;3-24H,1-2H3. The van der Waals surface area contributed by atoms with E-state index in [0.717, 1.165) is 177 Å². The summed E-state index contributed by atoms with van der Waals surface area (Å²) in [4.78, 5) is 20.3. The molecule has 8 heteroatoms. The minimum atomic E-state index is -0.105. The Morgan fingerprint density at radius 3 is 0.892 bits per heavy atom. The van der Waals surface area contributed by atoms with Crippen LogP contribution in [-0.2, 0) is 10.8 Å². The number of fused-ring (bicyclic) bond motifs is 28. The van der Waals surface area contributed by atoms with E-state index >= 15 is 0 Å². The Labute approximate surface area is 801 Å². The maximum Gasteiger partial charge on any atom is 0.136 e. The smallest absolute Gasteiger partial charge is 0.136 e. The molecule has 6 aromatic heterocycles. The van der Waals surface area contributed by atoms with Gasteiger partial charge in [-0.15, -0.1) is 0 Å². The average molecular weight is 1780 g/mol. The molecule has 0 atom stereocenters. The van der Waals surface area contributed by atoms with Gasteiger partial charge in [0.15, 0.2) is 0 Å². The molecule has 27 aromatic rings. The van der Waals surface area contributed by atoms with Crippen LogP contribution in [0.2, 0.25) is 0 Å². The van der Waals surface area contributed by atoms with Crippen LogP contribution in [0.5, 0.6) is 0 Å². The van der Waals surface area contributed by atoms with Crippen LogP contribution in [0.25, 0.3) is 220 Å². The van der Waals surface area contributed by atoms with Crippen molar-refractivity contribution in [1.29, 1.82) is 0 Å². The first-order valence-corrected chi connectivity index (χ1v) is 47.8. The van der Waals surface area contributed by atoms with Gasteiger partial charge >= 0.3 is 0 Å². The highest BCUT2D eigenvalue weighted by Gasteiger charge is 2.39. The molecule has 0 bridgehead atoms. The molecule has 0 saturated heterocycles. The number of furan rings is 3. The van der Waals surface area contributed by atoms with Crippen molar-refractivity contribution in [1.82, 2.24) is 15.0 Å². The zero-order chi connectivity index (χ0) is 92.3. The number of nitrogens with zero attached hydrogens (tertiary/aromatic N) is 5. The van der Waals surface area contributed by atoms with Gasteiger partial charge in [-0.3, -0.25) is 0 Å². The highest BCUT2D eigenvalue weighted by Crippen LogP contribution is 2.56. The molecule has 0 radical (unpaired) electrons. The second-order valence-electron chi connectivity index (χ2n) is 37.8. The number of hydrogen-bond acceptors (Lipinski definition) is 8. The van der Waals surface area contributed by atoms with Gasteiger partial charge in [0.25, 0.3) is 0 Å². The average Bonchev–Trinajstić information content (AvgIpc) is 1.31. The molecule has 2 aliphatic rings.